The van der Waals surface area contributed by atoms with Gasteiger partial charge in [-0.3, -0.25) is 14.9 Å². The van der Waals surface area contributed by atoms with E-state index in [4.69, 9.17) is 0 Å². The molecule has 9 nitrogen and oxygen atoms in total. The van der Waals surface area contributed by atoms with Gasteiger partial charge in [-0.15, -0.1) is 0 Å². The van der Waals surface area contributed by atoms with Gasteiger partial charge in [-0.1, -0.05) is 6.92 Å². The van der Waals surface area contributed by atoms with Crippen molar-refractivity contribution in [2.24, 2.45) is 0 Å². The summed E-state index contributed by atoms with van der Waals surface area (Å²) in [5.41, 5.74) is -0.188. The van der Waals surface area contributed by atoms with Crippen LogP contribution in [0.25, 0.3) is 0 Å². The summed E-state index contributed by atoms with van der Waals surface area (Å²) in [7, 11) is 0. The second kappa shape index (κ2) is 6.82. The molecule has 0 unspecified atom stereocenters. The van der Waals surface area contributed by atoms with Crippen LogP contribution < -0.4 is 15.5 Å². The molecule has 1 fully saturated rings. The molecule has 0 aromatic carbocycles. The molecule has 21 heavy (non-hydrogen) atoms. The van der Waals surface area contributed by atoms with Crippen LogP contribution >= 0.6 is 0 Å². The Morgan fingerprint density at radius 3 is 3.10 bits per heavy atom. The van der Waals surface area contributed by atoms with Crippen LogP contribution in [-0.2, 0) is 4.79 Å². The number of nitrogens with zero attached hydrogens (tertiary/aromatic N) is 4. The van der Waals surface area contributed by atoms with Crippen LogP contribution in [0.15, 0.2) is 6.20 Å². The molecule has 0 spiro atoms. The van der Waals surface area contributed by atoms with Crippen molar-refractivity contribution in [3.63, 3.8) is 0 Å². The van der Waals surface area contributed by atoms with Crippen LogP contribution in [0.4, 0.5) is 17.5 Å². The maximum absolute atomic E-state index is 11.6. The number of carbonyl (C=O) groups excluding carboxylic acids is 1. The third kappa shape index (κ3) is 3.77. The number of rotatable bonds is 5. The predicted molar refractivity (Wildman–Crippen MR) is 77.3 cm³/mol. The van der Waals surface area contributed by atoms with Crippen LogP contribution in [0.1, 0.15) is 19.8 Å². The number of anilines is 2. The quantitative estimate of drug-likeness (QED) is 0.601. The molecule has 0 radical (unpaired) electrons. The van der Waals surface area contributed by atoms with Gasteiger partial charge in [0.25, 0.3) is 0 Å². The Balaban J connectivity index is 2.32. The standard InChI is InChI=1S/C12H18N6O3/c1-2-4-14-12-15-7-9(18(20)21)11(16-12)17-6-3-5-13-10(19)8-17/h7H,2-6,8H2,1H3,(H,13,19)(H,14,15,16). The van der Waals surface area contributed by atoms with Gasteiger partial charge in [-0.25, -0.2) is 4.98 Å². The summed E-state index contributed by atoms with van der Waals surface area (Å²) in [6, 6.07) is 0. The first-order valence-corrected chi connectivity index (χ1v) is 6.88. The maximum Gasteiger partial charge on any atom is 0.329 e. The number of nitro groups is 1. The second-order valence-electron chi connectivity index (χ2n) is 4.71. The van der Waals surface area contributed by atoms with Crippen molar-refractivity contribution in [3.8, 4) is 0 Å². The molecule has 0 aliphatic carbocycles. The van der Waals surface area contributed by atoms with Gasteiger partial charge in [0.1, 0.15) is 6.20 Å². The van der Waals surface area contributed by atoms with Crippen molar-refractivity contribution in [2.75, 3.05) is 36.4 Å². The second-order valence-corrected chi connectivity index (χ2v) is 4.71. The largest absolute Gasteiger partial charge is 0.354 e. The lowest BCUT2D eigenvalue weighted by Gasteiger charge is -2.20. The fourth-order valence-electron chi connectivity index (χ4n) is 2.04. The molecule has 2 heterocycles. The third-order valence-corrected chi connectivity index (χ3v) is 3.04. The summed E-state index contributed by atoms with van der Waals surface area (Å²) in [5.74, 6) is 0.358. The van der Waals surface area contributed by atoms with Gasteiger partial charge in [0.2, 0.25) is 17.7 Å². The number of carbonyl (C=O) groups is 1. The van der Waals surface area contributed by atoms with Crippen molar-refractivity contribution in [2.45, 2.75) is 19.8 Å². The van der Waals surface area contributed by atoms with Crippen molar-refractivity contribution in [1.29, 1.82) is 0 Å². The minimum absolute atomic E-state index is 0.0606. The highest BCUT2D eigenvalue weighted by molar-refractivity contribution is 5.82. The van der Waals surface area contributed by atoms with Gasteiger partial charge in [0, 0.05) is 19.6 Å². The van der Waals surface area contributed by atoms with Crippen LogP contribution in [-0.4, -0.2) is 47.0 Å². The van der Waals surface area contributed by atoms with Crippen LogP contribution in [0, 0.1) is 10.1 Å². The fraction of sp³-hybridized carbons (Fsp3) is 0.583. The molecule has 1 amide bonds. The zero-order valence-electron chi connectivity index (χ0n) is 11.8. The fourth-order valence-corrected chi connectivity index (χ4v) is 2.04. The number of hydrogen-bond donors (Lipinski definition) is 2. The van der Waals surface area contributed by atoms with Gasteiger partial charge >= 0.3 is 5.69 Å². The number of nitrogens with one attached hydrogen (secondary N) is 2. The van der Waals surface area contributed by atoms with E-state index in [2.05, 4.69) is 20.6 Å². The zero-order valence-corrected chi connectivity index (χ0v) is 11.8. The van der Waals surface area contributed by atoms with Crippen LogP contribution in [0.3, 0.4) is 0 Å². The van der Waals surface area contributed by atoms with Gasteiger partial charge in [0.05, 0.1) is 11.5 Å². The highest BCUT2D eigenvalue weighted by Gasteiger charge is 2.25. The molecule has 1 saturated heterocycles. The van der Waals surface area contributed by atoms with E-state index < -0.39 is 4.92 Å². The van der Waals surface area contributed by atoms with Crippen molar-refractivity contribution in [3.05, 3.63) is 16.3 Å². The Morgan fingerprint density at radius 2 is 2.38 bits per heavy atom. The lowest BCUT2D eigenvalue weighted by molar-refractivity contribution is -0.384. The SMILES string of the molecule is CCCNc1ncc([N+](=O)[O-])c(N2CCCNC(=O)C2)n1. The van der Waals surface area contributed by atoms with Gasteiger partial charge in [-0.2, -0.15) is 4.98 Å². The molecule has 0 atom stereocenters. The lowest BCUT2D eigenvalue weighted by Crippen LogP contribution is -2.34. The summed E-state index contributed by atoms with van der Waals surface area (Å²) in [4.78, 5) is 32.0. The Hall–Kier alpha value is -2.45. The van der Waals surface area contributed by atoms with E-state index in [-0.39, 0.29) is 24.0 Å². The average Bonchev–Trinajstić information content (AvgIpc) is 2.69. The van der Waals surface area contributed by atoms with Crippen molar-refractivity contribution >= 4 is 23.4 Å². The normalized spacial score (nSPS) is 15.3. The number of amides is 1. The minimum Gasteiger partial charge on any atom is -0.354 e. The van der Waals surface area contributed by atoms with Crippen LogP contribution in [0.2, 0.25) is 0 Å². The molecule has 1 aromatic heterocycles. The Bertz CT molecular complexity index is 536. The van der Waals surface area contributed by atoms with E-state index in [9.17, 15) is 14.9 Å². The molecule has 1 aliphatic rings. The van der Waals surface area contributed by atoms with E-state index in [1.54, 1.807) is 4.90 Å². The molecule has 9 heteroatoms. The predicted octanol–water partition coefficient (Wildman–Crippen LogP) is 0.533. The van der Waals surface area contributed by atoms with Gasteiger partial charge in [0.15, 0.2) is 0 Å². The molecule has 1 aromatic rings. The average molecular weight is 294 g/mol. The zero-order chi connectivity index (χ0) is 15.2. The highest BCUT2D eigenvalue weighted by atomic mass is 16.6. The topological polar surface area (TPSA) is 113 Å². The molecule has 2 rings (SSSR count). The highest BCUT2D eigenvalue weighted by Crippen LogP contribution is 2.26. The van der Waals surface area contributed by atoms with Crippen LogP contribution in [0.5, 0.6) is 0 Å². The molecule has 2 N–H and O–H groups in total. The first kappa shape index (κ1) is 14.9. The summed E-state index contributed by atoms with van der Waals surface area (Å²) in [6.07, 6.45) is 2.79. The Labute approximate surface area is 121 Å². The van der Waals surface area contributed by atoms with E-state index in [1.807, 2.05) is 6.92 Å². The molecule has 0 bridgehead atoms. The maximum atomic E-state index is 11.6. The number of hydrogen-bond acceptors (Lipinski definition) is 7. The summed E-state index contributed by atoms with van der Waals surface area (Å²) in [5, 5.41) is 16.9. The first-order chi connectivity index (χ1) is 10.1. The molecule has 0 saturated carbocycles. The van der Waals surface area contributed by atoms with E-state index in [1.165, 1.54) is 6.20 Å². The molecular formula is C12H18N6O3. The Kier molecular flexibility index (Phi) is 4.85. The smallest absolute Gasteiger partial charge is 0.329 e. The summed E-state index contributed by atoms with van der Waals surface area (Å²) < 4.78 is 0. The Morgan fingerprint density at radius 1 is 1.57 bits per heavy atom. The van der Waals surface area contributed by atoms with Gasteiger partial charge < -0.3 is 15.5 Å². The summed E-state index contributed by atoms with van der Waals surface area (Å²) >= 11 is 0. The minimum atomic E-state index is -0.526. The van der Waals surface area contributed by atoms with E-state index >= 15 is 0 Å². The lowest BCUT2D eigenvalue weighted by atomic mass is 10.3. The third-order valence-electron chi connectivity index (χ3n) is 3.04. The molecular weight excluding hydrogens is 276 g/mol. The first-order valence-electron chi connectivity index (χ1n) is 6.88. The van der Waals surface area contributed by atoms with Crippen molar-refractivity contribution < 1.29 is 9.72 Å². The molecule has 114 valence electrons. The van der Waals surface area contributed by atoms with Crippen molar-refractivity contribution in [1.82, 2.24) is 15.3 Å². The van der Waals surface area contributed by atoms with Gasteiger partial charge in [-0.05, 0) is 12.8 Å². The van der Waals surface area contributed by atoms with E-state index in [0.29, 0.717) is 32.0 Å². The molecule has 1 aliphatic heterocycles. The summed E-state index contributed by atoms with van der Waals surface area (Å²) in [6.45, 7) is 3.83. The van der Waals surface area contributed by atoms with E-state index in [0.717, 1.165) is 6.42 Å². The monoisotopic (exact) mass is 294 g/mol. The number of aromatic nitrogens is 2.